The van der Waals surface area contributed by atoms with Gasteiger partial charge in [-0.25, -0.2) is 14.8 Å². The lowest BCUT2D eigenvalue weighted by atomic mass is 10.3. The topological polar surface area (TPSA) is 92.8 Å². The van der Waals surface area contributed by atoms with E-state index in [1.807, 2.05) is 6.07 Å². The second-order valence-corrected chi connectivity index (χ2v) is 7.17. The van der Waals surface area contributed by atoms with Crippen LogP contribution in [0.4, 0.5) is 11.6 Å². The number of nitrogens with one attached hydrogen (secondary N) is 2. The molecule has 10 heteroatoms. The highest BCUT2D eigenvalue weighted by molar-refractivity contribution is 7.17. The van der Waals surface area contributed by atoms with Crippen LogP contribution in [-0.2, 0) is 4.29 Å². The molecule has 2 N–H and O–H groups in total. The standard InChI is InChI=1S/C15H11Cl2N5O2S/c16-8-6-18-14(10-3-4-11(25-10)15(23)24-17)20-13(8)19-12-5-9(21-22-12)7-1-2-7/h3-7H,1-2H2,(H2,18,19,20,21,22). The summed E-state index contributed by atoms with van der Waals surface area (Å²) >= 11 is 12.5. The summed E-state index contributed by atoms with van der Waals surface area (Å²) in [6.07, 6.45) is 3.87. The van der Waals surface area contributed by atoms with E-state index in [9.17, 15) is 4.79 Å². The number of H-pyrrole nitrogens is 1. The first kappa shape index (κ1) is 16.3. The number of anilines is 2. The van der Waals surface area contributed by atoms with Gasteiger partial charge in [0, 0.05) is 17.7 Å². The van der Waals surface area contributed by atoms with Crippen molar-refractivity contribution in [2.24, 2.45) is 0 Å². The summed E-state index contributed by atoms with van der Waals surface area (Å²) in [5, 5.41) is 10.7. The number of rotatable bonds is 5. The van der Waals surface area contributed by atoms with Crippen LogP contribution in [-0.4, -0.2) is 26.1 Å². The van der Waals surface area contributed by atoms with Crippen LogP contribution in [0.5, 0.6) is 0 Å². The van der Waals surface area contributed by atoms with Gasteiger partial charge in [0.15, 0.2) is 17.5 Å². The first-order chi connectivity index (χ1) is 12.1. The van der Waals surface area contributed by atoms with Crippen molar-refractivity contribution in [3.05, 3.63) is 40.0 Å². The Bertz CT molecular complexity index is 938. The molecule has 7 nitrogen and oxygen atoms in total. The minimum atomic E-state index is -0.616. The molecule has 1 aliphatic rings. The number of thiophene rings is 1. The van der Waals surface area contributed by atoms with E-state index in [1.54, 1.807) is 12.1 Å². The predicted octanol–water partition coefficient (Wildman–Crippen LogP) is 4.51. The highest BCUT2D eigenvalue weighted by atomic mass is 35.5. The molecule has 0 unspecified atom stereocenters. The Hall–Kier alpha value is -2.16. The fraction of sp³-hybridized carbons (Fsp3) is 0.200. The van der Waals surface area contributed by atoms with Gasteiger partial charge in [-0.05, 0) is 25.0 Å². The summed E-state index contributed by atoms with van der Waals surface area (Å²) in [5.74, 6) is 1.48. The third kappa shape index (κ3) is 3.46. The number of nitrogens with zero attached hydrogens (tertiary/aromatic N) is 3. The maximum Gasteiger partial charge on any atom is 0.366 e. The Balaban J connectivity index is 1.59. The van der Waals surface area contributed by atoms with E-state index in [1.165, 1.54) is 30.4 Å². The van der Waals surface area contributed by atoms with Crippen molar-refractivity contribution in [3.63, 3.8) is 0 Å². The van der Waals surface area contributed by atoms with Gasteiger partial charge in [0.25, 0.3) is 0 Å². The number of carbonyl (C=O) groups is 1. The third-order valence-corrected chi connectivity index (χ3v) is 5.18. The molecule has 1 saturated carbocycles. The van der Waals surface area contributed by atoms with Crippen LogP contribution in [0.2, 0.25) is 5.02 Å². The zero-order chi connectivity index (χ0) is 17.4. The summed E-state index contributed by atoms with van der Waals surface area (Å²) < 4.78 is 4.19. The molecule has 0 saturated heterocycles. The maximum absolute atomic E-state index is 11.5. The van der Waals surface area contributed by atoms with Crippen LogP contribution in [0, 0.1) is 0 Å². The Morgan fingerprint density at radius 3 is 3.00 bits per heavy atom. The van der Waals surface area contributed by atoms with Gasteiger partial charge < -0.3 is 9.61 Å². The first-order valence-electron chi connectivity index (χ1n) is 7.42. The van der Waals surface area contributed by atoms with Crippen molar-refractivity contribution in [2.45, 2.75) is 18.8 Å². The van der Waals surface area contributed by atoms with Crippen molar-refractivity contribution in [2.75, 3.05) is 5.32 Å². The summed E-state index contributed by atoms with van der Waals surface area (Å²) in [6, 6.07) is 5.28. The Labute approximate surface area is 156 Å². The van der Waals surface area contributed by atoms with Gasteiger partial charge in [0.2, 0.25) is 0 Å². The van der Waals surface area contributed by atoms with Crippen molar-refractivity contribution < 1.29 is 9.08 Å². The molecule has 1 aliphatic carbocycles. The molecule has 3 aromatic rings. The first-order valence-corrected chi connectivity index (χ1v) is 8.92. The van der Waals surface area contributed by atoms with Crippen LogP contribution < -0.4 is 5.32 Å². The Morgan fingerprint density at radius 2 is 2.24 bits per heavy atom. The summed E-state index contributed by atoms with van der Waals surface area (Å²) in [6.45, 7) is 0. The number of carbonyl (C=O) groups excluding carboxylic acids is 1. The monoisotopic (exact) mass is 395 g/mol. The second kappa shape index (κ2) is 6.62. The lowest BCUT2D eigenvalue weighted by Crippen LogP contribution is -1.98. The molecule has 3 aromatic heterocycles. The Kier molecular flexibility index (Phi) is 4.32. The van der Waals surface area contributed by atoms with Gasteiger partial charge in [0.05, 0.1) is 11.1 Å². The van der Waals surface area contributed by atoms with E-state index >= 15 is 0 Å². The molecule has 25 heavy (non-hydrogen) atoms. The minimum Gasteiger partial charge on any atom is -0.342 e. The number of halogens is 2. The molecular weight excluding hydrogens is 385 g/mol. The molecule has 1 fully saturated rings. The van der Waals surface area contributed by atoms with Crippen LogP contribution in [0.15, 0.2) is 24.4 Å². The molecule has 0 atom stereocenters. The van der Waals surface area contributed by atoms with Gasteiger partial charge in [-0.1, -0.05) is 11.6 Å². The zero-order valence-electron chi connectivity index (χ0n) is 12.6. The SMILES string of the molecule is O=C(OCl)c1ccc(-c2ncc(Cl)c(Nc3cc(C4CC4)[nH]n3)n2)s1. The highest BCUT2D eigenvalue weighted by Crippen LogP contribution is 2.40. The molecule has 0 radical (unpaired) electrons. The van der Waals surface area contributed by atoms with E-state index < -0.39 is 5.97 Å². The quantitative estimate of drug-likeness (QED) is 0.659. The van der Waals surface area contributed by atoms with E-state index in [2.05, 4.69) is 29.8 Å². The second-order valence-electron chi connectivity index (χ2n) is 5.53. The lowest BCUT2D eigenvalue weighted by molar-refractivity contribution is 0.0756. The molecule has 4 rings (SSSR count). The van der Waals surface area contributed by atoms with E-state index in [4.69, 9.17) is 23.5 Å². The molecule has 0 aliphatic heterocycles. The average molecular weight is 396 g/mol. The normalized spacial score (nSPS) is 13.7. The average Bonchev–Trinajstić information content (AvgIpc) is 3.17. The van der Waals surface area contributed by atoms with E-state index in [0.717, 1.165) is 5.69 Å². The number of aromatic nitrogens is 4. The van der Waals surface area contributed by atoms with Crippen molar-refractivity contribution in [3.8, 4) is 10.7 Å². The summed E-state index contributed by atoms with van der Waals surface area (Å²) in [7, 11) is 0. The van der Waals surface area contributed by atoms with Gasteiger partial charge in [-0.15, -0.1) is 11.3 Å². The van der Waals surface area contributed by atoms with Gasteiger partial charge in [-0.3, -0.25) is 5.10 Å². The van der Waals surface area contributed by atoms with Crippen molar-refractivity contribution >= 4 is 52.4 Å². The zero-order valence-corrected chi connectivity index (χ0v) is 15.0. The Morgan fingerprint density at radius 1 is 1.40 bits per heavy atom. The fourth-order valence-corrected chi connectivity index (χ4v) is 3.40. The molecule has 0 aromatic carbocycles. The molecule has 3 heterocycles. The van der Waals surface area contributed by atoms with Gasteiger partial charge in [0.1, 0.15) is 21.8 Å². The third-order valence-electron chi connectivity index (χ3n) is 3.70. The van der Waals surface area contributed by atoms with Crippen LogP contribution in [0.25, 0.3) is 10.7 Å². The predicted molar refractivity (Wildman–Crippen MR) is 95.5 cm³/mol. The highest BCUT2D eigenvalue weighted by Gasteiger charge is 2.25. The van der Waals surface area contributed by atoms with Crippen LogP contribution in [0.3, 0.4) is 0 Å². The number of aromatic amines is 1. The fourth-order valence-electron chi connectivity index (χ4n) is 2.30. The summed E-state index contributed by atoms with van der Waals surface area (Å²) in [4.78, 5) is 21.1. The molecule has 0 bridgehead atoms. The molecule has 0 spiro atoms. The van der Waals surface area contributed by atoms with E-state index in [-0.39, 0.29) is 0 Å². The minimum absolute atomic E-state index is 0.361. The molecule has 0 amide bonds. The lowest BCUT2D eigenvalue weighted by Gasteiger charge is -2.05. The molecular formula is C15H11Cl2N5O2S. The van der Waals surface area contributed by atoms with Crippen LogP contribution in [0.1, 0.15) is 34.1 Å². The van der Waals surface area contributed by atoms with E-state index in [0.29, 0.717) is 38.2 Å². The van der Waals surface area contributed by atoms with Gasteiger partial charge >= 0.3 is 5.97 Å². The number of hydrogen-bond donors (Lipinski definition) is 2. The van der Waals surface area contributed by atoms with Crippen LogP contribution >= 0.6 is 34.8 Å². The maximum atomic E-state index is 11.5. The number of hydrogen-bond acceptors (Lipinski definition) is 7. The van der Waals surface area contributed by atoms with Crippen molar-refractivity contribution in [1.82, 2.24) is 20.2 Å². The largest absolute Gasteiger partial charge is 0.366 e. The molecule has 128 valence electrons. The van der Waals surface area contributed by atoms with Gasteiger partial charge in [-0.2, -0.15) is 5.10 Å². The summed E-state index contributed by atoms with van der Waals surface area (Å²) in [5.41, 5.74) is 1.11. The van der Waals surface area contributed by atoms with Crippen molar-refractivity contribution in [1.29, 1.82) is 0 Å². The smallest absolute Gasteiger partial charge is 0.342 e.